The van der Waals surface area contributed by atoms with E-state index < -0.39 is 23.1 Å². The van der Waals surface area contributed by atoms with Gasteiger partial charge in [-0.2, -0.15) is 0 Å². The number of hydrogen-bond acceptors (Lipinski definition) is 4. The molecule has 0 aromatic heterocycles. The fraction of sp³-hybridized carbons (Fsp3) is 0.333. The number of rotatable bonds is 4. The van der Waals surface area contributed by atoms with E-state index in [1.165, 1.54) is 4.90 Å². The number of nitrogens with zero attached hydrogens (tertiary/aromatic N) is 1. The average molecular weight is 393 g/mol. The van der Waals surface area contributed by atoms with Crippen LogP contribution in [0.15, 0.2) is 53.8 Å². The van der Waals surface area contributed by atoms with Gasteiger partial charge in [-0.15, -0.1) is 0 Å². The highest BCUT2D eigenvalue weighted by atomic mass is 16.5. The fourth-order valence-corrected chi connectivity index (χ4v) is 3.60. The smallest absolute Gasteiger partial charge is 0.294 e. The fourth-order valence-electron chi connectivity index (χ4n) is 3.60. The molecule has 1 aliphatic heterocycles. The number of ether oxygens (including phenoxy) is 1. The van der Waals surface area contributed by atoms with E-state index in [2.05, 4.69) is 0 Å². The molecule has 5 heteroatoms. The van der Waals surface area contributed by atoms with Crippen LogP contribution in [0.3, 0.4) is 0 Å². The van der Waals surface area contributed by atoms with Gasteiger partial charge >= 0.3 is 0 Å². The highest BCUT2D eigenvalue weighted by Crippen LogP contribution is 2.44. The first-order valence-corrected chi connectivity index (χ1v) is 9.59. The van der Waals surface area contributed by atoms with E-state index in [1.54, 1.807) is 40.0 Å². The largest absolute Gasteiger partial charge is 0.503 e. The summed E-state index contributed by atoms with van der Waals surface area (Å²) in [6, 6.07) is 12.3. The van der Waals surface area contributed by atoms with Gasteiger partial charge in [-0.1, -0.05) is 45.0 Å². The number of Topliss-reactive ketones (excluding diaryl/α,β-unsaturated/α-hetero) is 1. The number of benzene rings is 2. The Balaban J connectivity index is 2.27. The number of carbonyl (C=O) groups is 2. The van der Waals surface area contributed by atoms with Crippen molar-refractivity contribution in [2.45, 2.75) is 40.7 Å². The van der Waals surface area contributed by atoms with Gasteiger partial charge < -0.3 is 9.84 Å². The van der Waals surface area contributed by atoms with Crippen molar-refractivity contribution in [1.29, 1.82) is 0 Å². The van der Waals surface area contributed by atoms with Crippen LogP contribution < -0.4 is 9.64 Å². The second-order valence-electron chi connectivity index (χ2n) is 8.49. The molecule has 0 fully saturated rings. The van der Waals surface area contributed by atoms with Crippen molar-refractivity contribution in [3.63, 3.8) is 0 Å². The molecular weight excluding hydrogens is 366 g/mol. The molecule has 1 amide bonds. The molecule has 0 spiro atoms. The van der Waals surface area contributed by atoms with Crippen molar-refractivity contribution in [3.8, 4) is 5.75 Å². The summed E-state index contributed by atoms with van der Waals surface area (Å²) in [5.74, 6) is -0.702. The standard InChI is InChI=1S/C24H27NO4/c1-14-10-11-15(2)18(12-14)25-20(16-8-7-9-17(13-16)29-6)19(21(26)23(25)28)22(27)24(3,4)5/h7-13,20,26H,1-6H3. The minimum atomic E-state index is -0.752. The lowest BCUT2D eigenvalue weighted by molar-refractivity contribution is -0.123. The lowest BCUT2D eigenvalue weighted by Gasteiger charge is -2.30. The topological polar surface area (TPSA) is 66.8 Å². The van der Waals surface area contributed by atoms with Gasteiger partial charge in [-0.3, -0.25) is 14.5 Å². The molecule has 29 heavy (non-hydrogen) atoms. The van der Waals surface area contributed by atoms with E-state index in [0.717, 1.165) is 11.1 Å². The van der Waals surface area contributed by atoms with Crippen molar-refractivity contribution >= 4 is 17.4 Å². The molecule has 1 aliphatic rings. The number of ketones is 1. The van der Waals surface area contributed by atoms with Crippen molar-refractivity contribution in [3.05, 3.63) is 70.5 Å². The summed E-state index contributed by atoms with van der Waals surface area (Å²) in [4.78, 5) is 28.0. The third-order valence-corrected chi connectivity index (χ3v) is 5.17. The molecule has 3 rings (SSSR count). The van der Waals surface area contributed by atoms with Crippen molar-refractivity contribution in [1.82, 2.24) is 0 Å². The third-order valence-electron chi connectivity index (χ3n) is 5.17. The van der Waals surface area contributed by atoms with Crippen LogP contribution in [0, 0.1) is 19.3 Å². The predicted octanol–water partition coefficient (Wildman–Crippen LogP) is 4.83. The van der Waals surface area contributed by atoms with Crippen LogP contribution in [0.4, 0.5) is 5.69 Å². The zero-order valence-electron chi connectivity index (χ0n) is 17.7. The molecule has 2 aromatic carbocycles. The van der Waals surface area contributed by atoms with Gasteiger partial charge in [0.2, 0.25) is 0 Å². The van der Waals surface area contributed by atoms with E-state index in [0.29, 0.717) is 17.0 Å². The molecule has 1 N–H and O–H groups in total. The Bertz CT molecular complexity index is 1010. The molecule has 152 valence electrons. The maximum atomic E-state index is 13.3. The van der Waals surface area contributed by atoms with E-state index in [4.69, 9.17) is 4.74 Å². The van der Waals surface area contributed by atoms with Crippen LogP contribution in [-0.2, 0) is 9.59 Å². The Kier molecular flexibility index (Phi) is 5.26. The number of amides is 1. The summed E-state index contributed by atoms with van der Waals surface area (Å²) in [6.07, 6.45) is 0. The minimum absolute atomic E-state index is 0.122. The van der Waals surface area contributed by atoms with Crippen LogP contribution >= 0.6 is 0 Å². The van der Waals surface area contributed by atoms with Gasteiger partial charge in [0.05, 0.1) is 18.7 Å². The Morgan fingerprint density at radius 2 is 1.79 bits per heavy atom. The van der Waals surface area contributed by atoms with E-state index in [1.807, 2.05) is 44.2 Å². The summed E-state index contributed by atoms with van der Waals surface area (Å²) >= 11 is 0. The summed E-state index contributed by atoms with van der Waals surface area (Å²) < 4.78 is 5.35. The number of aliphatic hydroxyl groups excluding tert-OH is 1. The molecule has 1 atom stereocenters. The number of aryl methyl sites for hydroxylation is 2. The number of anilines is 1. The number of carbonyl (C=O) groups excluding carboxylic acids is 2. The van der Waals surface area contributed by atoms with Crippen LogP contribution in [0.2, 0.25) is 0 Å². The first-order chi connectivity index (χ1) is 13.6. The summed E-state index contributed by atoms with van der Waals surface area (Å²) in [5, 5.41) is 10.8. The lowest BCUT2D eigenvalue weighted by Crippen LogP contribution is -2.33. The zero-order chi connectivity index (χ0) is 21.5. The Morgan fingerprint density at radius 1 is 1.10 bits per heavy atom. The molecule has 0 bridgehead atoms. The summed E-state index contributed by atoms with van der Waals surface area (Å²) in [7, 11) is 1.57. The Morgan fingerprint density at radius 3 is 2.41 bits per heavy atom. The van der Waals surface area contributed by atoms with Crippen LogP contribution in [0.1, 0.15) is 43.5 Å². The molecule has 1 unspecified atom stereocenters. The van der Waals surface area contributed by atoms with Gasteiger partial charge in [0.15, 0.2) is 11.5 Å². The van der Waals surface area contributed by atoms with E-state index >= 15 is 0 Å². The normalized spacial score (nSPS) is 17.1. The maximum Gasteiger partial charge on any atom is 0.294 e. The van der Waals surface area contributed by atoms with Gasteiger partial charge in [0.1, 0.15) is 5.75 Å². The van der Waals surface area contributed by atoms with Crippen LogP contribution in [-0.4, -0.2) is 23.9 Å². The molecule has 1 heterocycles. The monoisotopic (exact) mass is 393 g/mol. The minimum Gasteiger partial charge on any atom is -0.503 e. The SMILES string of the molecule is COc1cccc(C2C(C(=O)C(C)(C)C)=C(O)C(=O)N2c2cc(C)ccc2C)c1. The van der Waals surface area contributed by atoms with Gasteiger partial charge in [0.25, 0.3) is 5.91 Å². The second kappa shape index (κ2) is 7.39. The number of methoxy groups -OCH3 is 1. The van der Waals surface area contributed by atoms with Crippen molar-refractivity contribution < 1.29 is 19.4 Å². The summed E-state index contributed by atoms with van der Waals surface area (Å²) in [6.45, 7) is 9.19. The van der Waals surface area contributed by atoms with E-state index in [9.17, 15) is 14.7 Å². The molecule has 0 saturated carbocycles. The Labute approximate surface area is 171 Å². The van der Waals surface area contributed by atoms with Crippen LogP contribution in [0.25, 0.3) is 0 Å². The predicted molar refractivity (Wildman–Crippen MR) is 113 cm³/mol. The molecule has 5 nitrogen and oxygen atoms in total. The zero-order valence-corrected chi connectivity index (χ0v) is 17.7. The van der Waals surface area contributed by atoms with Crippen molar-refractivity contribution in [2.24, 2.45) is 5.41 Å². The average Bonchev–Trinajstić information content (AvgIpc) is 2.93. The lowest BCUT2D eigenvalue weighted by atomic mass is 9.82. The van der Waals surface area contributed by atoms with Crippen LogP contribution in [0.5, 0.6) is 5.75 Å². The number of aliphatic hydroxyl groups is 1. The second-order valence-corrected chi connectivity index (χ2v) is 8.49. The first-order valence-electron chi connectivity index (χ1n) is 9.59. The molecule has 0 aliphatic carbocycles. The quantitative estimate of drug-likeness (QED) is 0.808. The highest BCUT2D eigenvalue weighted by molar-refractivity contribution is 6.17. The number of hydrogen-bond donors (Lipinski definition) is 1. The molecular formula is C24H27NO4. The molecule has 2 aromatic rings. The van der Waals surface area contributed by atoms with Gasteiger partial charge in [0, 0.05) is 11.1 Å². The van der Waals surface area contributed by atoms with Crippen molar-refractivity contribution in [2.75, 3.05) is 12.0 Å². The van der Waals surface area contributed by atoms with E-state index in [-0.39, 0.29) is 11.4 Å². The highest BCUT2D eigenvalue weighted by Gasteiger charge is 2.47. The molecule has 0 radical (unpaired) electrons. The summed E-state index contributed by atoms with van der Waals surface area (Å²) in [5.41, 5.74) is 2.61. The third kappa shape index (κ3) is 3.65. The van der Waals surface area contributed by atoms with Gasteiger partial charge in [-0.05, 0) is 48.7 Å². The van der Waals surface area contributed by atoms with Gasteiger partial charge in [-0.25, -0.2) is 0 Å². The first kappa shape index (κ1) is 20.6. The molecule has 0 saturated heterocycles. The Hall–Kier alpha value is -3.08. The maximum absolute atomic E-state index is 13.3.